The van der Waals surface area contributed by atoms with Crippen LogP contribution in [0.2, 0.25) is 0 Å². The number of hydrogen-bond donors (Lipinski definition) is 2. The number of methoxy groups -OCH3 is 2. The number of nitrogens with one attached hydrogen (secondary N) is 1. The third-order valence-electron chi connectivity index (χ3n) is 6.09. The maximum atomic E-state index is 14.9. The van der Waals surface area contributed by atoms with Crippen LogP contribution < -0.4 is 19.7 Å². The minimum absolute atomic E-state index is 0.0274. The number of aliphatic carboxylic acids is 1. The second-order valence-electron chi connectivity index (χ2n) is 8.39. The van der Waals surface area contributed by atoms with E-state index in [2.05, 4.69) is 5.32 Å². The largest absolute Gasteiger partial charge is 0.496 e. The van der Waals surface area contributed by atoms with E-state index in [1.807, 2.05) is 0 Å². The van der Waals surface area contributed by atoms with Gasteiger partial charge in [-0.1, -0.05) is 24.3 Å². The van der Waals surface area contributed by atoms with E-state index in [1.165, 1.54) is 61.6 Å². The van der Waals surface area contributed by atoms with Gasteiger partial charge >= 0.3 is 5.97 Å². The molecule has 1 aliphatic heterocycles. The maximum Gasteiger partial charge on any atom is 0.328 e. The van der Waals surface area contributed by atoms with Crippen molar-refractivity contribution in [3.05, 3.63) is 89.5 Å². The van der Waals surface area contributed by atoms with Gasteiger partial charge in [-0.05, 0) is 42.5 Å². The summed E-state index contributed by atoms with van der Waals surface area (Å²) in [5, 5.41) is 11.9. The third kappa shape index (κ3) is 5.19. The van der Waals surface area contributed by atoms with E-state index >= 15 is 0 Å². The fraction of sp³-hybridized carbons (Fsp3) is 0.179. The lowest BCUT2D eigenvalue weighted by Gasteiger charge is -2.23. The zero-order valence-electron chi connectivity index (χ0n) is 20.5. The van der Waals surface area contributed by atoms with Gasteiger partial charge in [-0.25, -0.2) is 13.6 Å². The van der Waals surface area contributed by atoms with Gasteiger partial charge in [-0.15, -0.1) is 0 Å². The van der Waals surface area contributed by atoms with Crippen LogP contribution in [-0.4, -0.2) is 49.6 Å². The molecule has 0 fully saturated rings. The van der Waals surface area contributed by atoms with Crippen LogP contribution in [0.3, 0.4) is 0 Å². The SMILES string of the molecule is COc1cccc(OC)c1C(=O)Nc1ccc(C(=O)N2CCC(F)(F)/C(=C\C(=O)O)c3ccccc32)cc1. The van der Waals surface area contributed by atoms with E-state index in [-0.39, 0.29) is 28.9 Å². The number of halogens is 2. The highest BCUT2D eigenvalue weighted by Gasteiger charge is 2.41. The van der Waals surface area contributed by atoms with Crippen LogP contribution in [-0.2, 0) is 4.79 Å². The molecule has 2 amide bonds. The molecule has 3 aromatic carbocycles. The maximum absolute atomic E-state index is 14.9. The summed E-state index contributed by atoms with van der Waals surface area (Å²) >= 11 is 0. The Morgan fingerprint density at radius 3 is 2.18 bits per heavy atom. The average molecular weight is 523 g/mol. The van der Waals surface area contributed by atoms with Crippen LogP contribution in [0.1, 0.15) is 32.7 Å². The van der Waals surface area contributed by atoms with E-state index in [0.29, 0.717) is 23.3 Å². The van der Waals surface area contributed by atoms with E-state index in [4.69, 9.17) is 14.6 Å². The van der Waals surface area contributed by atoms with Crippen molar-refractivity contribution in [3.63, 3.8) is 0 Å². The van der Waals surface area contributed by atoms with Gasteiger partial charge < -0.3 is 24.8 Å². The fourth-order valence-electron chi connectivity index (χ4n) is 4.28. The molecule has 38 heavy (non-hydrogen) atoms. The molecule has 0 radical (unpaired) electrons. The molecule has 0 spiro atoms. The van der Waals surface area contributed by atoms with E-state index in [9.17, 15) is 23.2 Å². The summed E-state index contributed by atoms with van der Waals surface area (Å²) in [6.07, 6.45) is -0.261. The zero-order chi connectivity index (χ0) is 27.4. The number of ether oxygens (including phenoxy) is 2. The standard InChI is InChI=1S/C28H24F2N2O6/c1-37-22-8-5-9-23(38-2)25(22)26(35)31-18-12-10-17(11-13-18)27(36)32-15-14-28(29,30)20(16-24(33)34)19-6-3-4-7-21(19)32/h3-13,16H,14-15H2,1-2H3,(H,31,35)(H,33,34)/b20-16-. The molecule has 3 aromatic rings. The van der Waals surface area contributed by atoms with Crippen LogP contribution in [0.4, 0.5) is 20.2 Å². The molecule has 8 nitrogen and oxygen atoms in total. The van der Waals surface area contributed by atoms with E-state index in [0.717, 1.165) is 0 Å². The van der Waals surface area contributed by atoms with Crippen LogP contribution >= 0.6 is 0 Å². The van der Waals surface area contributed by atoms with Gasteiger partial charge in [-0.2, -0.15) is 0 Å². The number of allylic oxidation sites excluding steroid dienone is 1. The second-order valence-corrected chi connectivity index (χ2v) is 8.39. The Morgan fingerprint density at radius 2 is 1.58 bits per heavy atom. The highest BCUT2D eigenvalue weighted by Crippen LogP contribution is 2.43. The number of fused-ring (bicyclic) bond motifs is 1. The fourth-order valence-corrected chi connectivity index (χ4v) is 4.28. The second kappa shape index (κ2) is 10.7. The Kier molecular flexibility index (Phi) is 7.43. The zero-order valence-corrected chi connectivity index (χ0v) is 20.5. The number of carbonyl (C=O) groups excluding carboxylic acids is 2. The minimum atomic E-state index is -3.45. The number of alkyl halides is 2. The minimum Gasteiger partial charge on any atom is -0.496 e. The summed E-state index contributed by atoms with van der Waals surface area (Å²) in [7, 11) is 2.87. The Morgan fingerprint density at radius 1 is 0.947 bits per heavy atom. The lowest BCUT2D eigenvalue weighted by molar-refractivity contribution is -0.131. The first-order chi connectivity index (χ1) is 18.2. The Bertz CT molecular complexity index is 1400. The molecule has 0 aliphatic carbocycles. The molecule has 10 heteroatoms. The van der Waals surface area contributed by atoms with Gasteiger partial charge in [-0.3, -0.25) is 9.59 Å². The van der Waals surface area contributed by atoms with Gasteiger partial charge in [0.25, 0.3) is 17.7 Å². The molecule has 196 valence electrons. The number of rotatable bonds is 6. The van der Waals surface area contributed by atoms with Crippen molar-refractivity contribution in [2.75, 3.05) is 31.0 Å². The molecule has 0 unspecified atom stereocenters. The lowest BCUT2D eigenvalue weighted by atomic mass is 9.97. The molecule has 0 atom stereocenters. The van der Waals surface area contributed by atoms with Crippen LogP contribution in [0.25, 0.3) is 5.57 Å². The van der Waals surface area contributed by atoms with Crippen molar-refractivity contribution in [3.8, 4) is 11.5 Å². The smallest absolute Gasteiger partial charge is 0.328 e. The van der Waals surface area contributed by atoms with Gasteiger partial charge in [0.1, 0.15) is 17.1 Å². The molecule has 2 N–H and O–H groups in total. The van der Waals surface area contributed by atoms with Gasteiger partial charge in [0.2, 0.25) is 0 Å². The lowest BCUT2D eigenvalue weighted by Crippen LogP contribution is -2.33. The summed E-state index contributed by atoms with van der Waals surface area (Å²) < 4.78 is 40.3. The first-order valence-electron chi connectivity index (χ1n) is 11.5. The monoisotopic (exact) mass is 522 g/mol. The molecule has 0 aromatic heterocycles. The van der Waals surface area contributed by atoms with Crippen molar-refractivity contribution in [2.24, 2.45) is 0 Å². The molecule has 0 saturated carbocycles. The summed E-state index contributed by atoms with van der Waals surface area (Å²) in [6.45, 7) is -0.327. The average Bonchev–Trinajstić information content (AvgIpc) is 3.01. The number of hydrogen-bond acceptors (Lipinski definition) is 5. The van der Waals surface area contributed by atoms with E-state index in [1.54, 1.807) is 24.3 Å². The molecule has 0 saturated heterocycles. The summed E-state index contributed by atoms with van der Waals surface area (Å²) in [6, 6.07) is 16.9. The molecular weight excluding hydrogens is 498 g/mol. The van der Waals surface area contributed by atoms with Gasteiger partial charge in [0.15, 0.2) is 0 Å². The third-order valence-corrected chi connectivity index (χ3v) is 6.09. The summed E-state index contributed by atoms with van der Waals surface area (Å²) in [5.74, 6) is -5.34. The Balaban J connectivity index is 1.61. The van der Waals surface area contributed by atoms with Crippen molar-refractivity contribution >= 4 is 34.7 Å². The van der Waals surface area contributed by atoms with Crippen molar-refractivity contribution in [2.45, 2.75) is 12.3 Å². The number of nitrogens with zero attached hydrogens (tertiary/aromatic N) is 1. The van der Waals surface area contributed by atoms with Crippen molar-refractivity contribution in [1.82, 2.24) is 0 Å². The molecule has 0 bridgehead atoms. The number of anilines is 2. The van der Waals surface area contributed by atoms with Crippen molar-refractivity contribution in [1.29, 1.82) is 0 Å². The Hall–Kier alpha value is -4.73. The number of carboxylic acids is 1. The first-order valence-corrected chi connectivity index (χ1v) is 11.5. The quantitative estimate of drug-likeness (QED) is 0.436. The predicted molar refractivity (Wildman–Crippen MR) is 137 cm³/mol. The normalized spacial score (nSPS) is 15.3. The van der Waals surface area contributed by atoms with Crippen molar-refractivity contribution < 1.29 is 37.7 Å². The topological polar surface area (TPSA) is 105 Å². The molecule has 4 rings (SSSR count). The number of para-hydroxylation sites is 1. The summed E-state index contributed by atoms with van der Waals surface area (Å²) in [5.41, 5.74) is 0.282. The first kappa shape index (κ1) is 26.3. The highest BCUT2D eigenvalue weighted by atomic mass is 19.3. The highest BCUT2D eigenvalue weighted by molar-refractivity contribution is 6.10. The number of amides is 2. The van der Waals surface area contributed by atoms with Crippen LogP contribution in [0, 0.1) is 0 Å². The number of carboxylic acid groups (broad SMARTS) is 1. The number of benzene rings is 3. The van der Waals surface area contributed by atoms with Gasteiger partial charge in [0, 0.05) is 41.4 Å². The summed E-state index contributed by atoms with van der Waals surface area (Å²) in [4.78, 5) is 38.8. The predicted octanol–water partition coefficient (Wildman–Crippen LogP) is 5.11. The Labute approximate surface area is 217 Å². The molecule has 1 aliphatic rings. The van der Waals surface area contributed by atoms with Crippen LogP contribution in [0.15, 0.2) is 72.8 Å². The molecular formula is C28H24F2N2O6. The number of carbonyl (C=O) groups is 3. The molecule has 1 heterocycles. The van der Waals surface area contributed by atoms with E-state index < -0.39 is 35.7 Å². The van der Waals surface area contributed by atoms with Crippen LogP contribution in [0.5, 0.6) is 11.5 Å². The van der Waals surface area contributed by atoms with Gasteiger partial charge in [0.05, 0.1) is 19.9 Å².